The van der Waals surface area contributed by atoms with Gasteiger partial charge in [-0.15, -0.1) is 0 Å². The molecule has 6 rings (SSSR count). The van der Waals surface area contributed by atoms with Gasteiger partial charge in [0.05, 0.1) is 11.1 Å². The normalized spacial score (nSPS) is 15.8. The summed E-state index contributed by atoms with van der Waals surface area (Å²) in [7, 11) is 1.89. The number of aryl methyl sites for hydroxylation is 1. The van der Waals surface area contributed by atoms with Crippen molar-refractivity contribution in [3.05, 3.63) is 81.8 Å². The quantitative estimate of drug-likeness (QED) is 0.401. The molecule has 1 amide bonds. The van der Waals surface area contributed by atoms with Crippen LogP contribution < -0.4 is 0 Å². The Labute approximate surface area is 209 Å². The monoisotopic (exact) mass is 486 g/mol. The van der Waals surface area contributed by atoms with Gasteiger partial charge < -0.3 is 10.0 Å². The number of halogens is 1. The Morgan fingerprint density at radius 1 is 1.20 bits per heavy atom. The first kappa shape index (κ1) is 22.3. The van der Waals surface area contributed by atoms with Crippen molar-refractivity contribution >= 4 is 28.4 Å². The van der Waals surface area contributed by atoms with E-state index < -0.39 is 5.60 Å². The highest BCUT2D eigenvalue weighted by atomic mass is 35.5. The average molecular weight is 487 g/mol. The van der Waals surface area contributed by atoms with Gasteiger partial charge in [-0.1, -0.05) is 35.9 Å². The van der Waals surface area contributed by atoms with E-state index in [1.165, 1.54) is 5.56 Å². The van der Waals surface area contributed by atoms with Crippen molar-refractivity contribution in [1.29, 1.82) is 0 Å². The van der Waals surface area contributed by atoms with Crippen LogP contribution in [0.3, 0.4) is 0 Å². The van der Waals surface area contributed by atoms with Crippen LogP contribution in [0.25, 0.3) is 22.0 Å². The van der Waals surface area contributed by atoms with Gasteiger partial charge in [0.2, 0.25) is 0 Å². The maximum Gasteiger partial charge on any atom is 0.273 e. The second-order valence-corrected chi connectivity index (χ2v) is 10.7. The second-order valence-electron chi connectivity index (χ2n) is 10.3. The molecule has 7 heteroatoms. The molecule has 1 aliphatic heterocycles. The topological polar surface area (TPSA) is 71.2 Å². The van der Waals surface area contributed by atoms with Crippen molar-refractivity contribution in [3.8, 4) is 11.1 Å². The molecular weight excluding hydrogens is 460 g/mol. The van der Waals surface area contributed by atoms with Gasteiger partial charge >= 0.3 is 0 Å². The van der Waals surface area contributed by atoms with Crippen LogP contribution in [0.1, 0.15) is 65.3 Å². The number of aliphatic hydroxyl groups is 1. The molecule has 6 nitrogen and oxygen atoms in total. The van der Waals surface area contributed by atoms with Crippen molar-refractivity contribution in [1.82, 2.24) is 19.7 Å². The molecule has 2 aromatic heterocycles. The van der Waals surface area contributed by atoms with Crippen LogP contribution in [0, 0.1) is 0 Å². The largest absolute Gasteiger partial charge is 0.386 e. The average Bonchev–Trinajstić information content (AvgIpc) is 3.50. The van der Waals surface area contributed by atoms with Gasteiger partial charge in [-0.2, -0.15) is 5.10 Å². The Bertz CT molecular complexity index is 1500. The number of fused-ring (bicyclic) bond motifs is 2. The Hall–Kier alpha value is -3.22. The molecule has 1 saturated carbocycles. The van der Waals surface area contributed by atoms with E-state index in [9.17, 15) is 9.90 Å². The zero-order valence-electron chi connectivity index (χ0n) is 20.0. The Kier molecular flexibility index (Phi) is 5.02. The molecule has 1 aliphatic carbocycles. The smallest absolute Gasteiger partial charge is 0.273 e. The summed E-state index contributed by atoms with van der Waals surface area (Å²) >= 11 is 6.94. The molecule has 1 N–H and O–H groups in total. The molecule has 3 heterocycles. The van der Waals surface area contributed by atoms with E-state index in [2.05, 4.69) is 16.1 Å². The Morgan fingerprint density at radius 3 is 2.71 bits per heavy atom. The summed E-state index contributed by atoms with van der Waals surface area (Å²) in [6, 6.07) is 12.1. The van der Waals surface area contributed by atoms with Crippen LogP contribution in [0.2, 0.25) is 5.02 Å². The number of carbonyl (C=O) groups excluding carboxylic acids is 1. The van der Waals surface area contributed by atoms with E-state index in [-0.39, 0.29) is 5.91 Å². The third-order valence-electron chi connectivity index (χ3n) is 7.10. The molecule has 0 unspecified atom stereocenters. The van der Waals surface area contributed by atoms with Crippen LogP contribution in [-0.2, 0) is 25.7 Å². The molecule has 0 bridgehead atoms. The van der Waals surface area contributed by atoms with E-state index in [0.717, 1.165) is 51.6 Å². The van der Waals surface area contributed by atoms with Crippen LogP contribution in [0.15, 0.2) is 48.8 Å². The summed E-state index contributed by atoms with van der Waals surface area (Å²) < 4.78 is 1.78. The van der Waals surface area contributed by atoms with Gasteiger partial charge in [0.15, 0.2) is 0 Å². The van der Waals surface area contributed by atoms with Crippen LogP contribution in [0.4, 0.5) is 0 Å². The maximum atomic E-state index is 12.9. The second kappa shape index (κ2) is 7.90. The maximum absolute atomic E-state index is 12.9. The highest BCUT2D eigenvalue weighted by Gasteiger charge is 2.33. The summed E-state index contributed by atoms with van der Waals surface area (Å²) in [6.07, 6.45) is 5.91. The number of pyridine rings is 1. The number of hydrogen-bond donors (Lipinski definition) is 1. The highest BCUT2D eigenvalue weighted by molar-refractivity contribution is 6.32. The van der Waals surface area contributed by atoms with Gasteiger partial charge in [0.25, 0.3) is 5.91 Å². The van der Waals surface area contributed by atoms with Crippen LogP contribution in [-0.4, -0.2) is 30.7 Å². The van der Waals surface area contributed by atoms with Crippen molar-refractivity contribution < 1.29 is 9.90 Å². The van der Waals surface area contributed by atoms with E-state index >= 15 is 0 Å². The summed E-state index contributed by atoms with van der Waals surface area (Å²) in [6.45, 7) is 4.58. The van der Waals surface area contributed by atoms with Crippen molar-refractivity contribution in [2.45, 2.75) is 51.3 Å². The van der Waals surface area contributed by atoms with E-state index in [4.69, 9.17) is 11.6 Å². The fourth-order valence-electron chi connectivity index (χ4n) is 5.21. The lowest BCUT2D eigenvalue weighted by atomic mass is 9.90. The van der Waals surface area contributed by atoms with Gasteiger partial charge in [-0.3, -0.25) is 14.5 Å². The van der Waals surface area contributed by atoms with Gasteiger partial charge in [-0.25, -0.2) is 0 Å². The molecule has 0 atom stereocenters. The predicted molar refractivity (Wildman–Crippen MR) is 136 cm³/mol. The molecule has 2 aromatic carbocycles. The number of hydrogen-bond acceptors (Lipinski definition) is 4. The zero-order valence-corrected chi connectivity index (χ0v) is 20.8. The van der Waals surface area contributed by atoms with Gasteiger partial charge in [-0.05, 0) is 67.0 Å². The molecule has 0 saturated heterocycles. The molecule has 0 radical (unpaired) electrons. The molecule has 178 valence electrons. The zero-order chi connectivity index (χ0) is 24.5. The minimum atomic E-state index is -0.999. The Morgan fingerprint density at radius 2 is 2.00 bits per heavy atom. The minimum absolute atomic E-state index is 0.0400. The highest BCUT2D eigenvalue weighted by Crippen LogP contribution is 2.46. The third kappa shape index (κ3) is 3.81. The van der Waals surface area contributed by atoms with Crippen molar-refractivity contribution in [3.63, 3.8) is 0 Å². The van der Waals surface area contributed by atoms with Crippen molar-refractivity contribution in [2.24, 2.45) is 7.05 Å². The predicted octanol–water partition coefficient (Wildman–Crippen LogP) is 5.55. The van der Waals surface area contributed by atoms with Gasteiger partial charge in [0, 0.05) is 54.1 Å². The first-order chi connectivity index (χ1) is 16.7. The molecular formula is C28H27ClN4O2. The first-order valence-corrected chi connectivity index (χ1v) is 12.3. The molecule has 2 aliphatic rings. The van der Waals surface area contributed by atoms with E-state index in [0.29, 0.717) is 29.7 Å². The number of nitrogens with zero attached hydrogens (tertiary/aromatic N) is 4. The van der Waals surface area contributed by atoms with Gasteiger partial charge in [0.1, 0.15) is 5.69 Å². The van der Waals surface area contributed by atoms with E-state index in [1.54, 1.807) is 24.7 Å². The summed E-state index contributed by atoms with van der Waals surface area (Å²) in [4.78, 5) is 19.1. The fraction of sp³-hybridized carbons (Fsp3) is 0.321. The number of rotatable bonds is 5. The fourth-order valence-corrected chi connectivity index (χ4v) is 5.49. The van der Waals surface area contributed by atoms with E-state index in [1.807, 2.05) is 48.5 Å². The van der Waals surface area contributed by atoms with Crippen LogP contribution >= 0.6 is 11.6 Å². The summed E-state index contributed by atoms with van der Waals surface area (Å²) in [5.74, 6) is 0.419. The SMILES string of the molecule is Cn1cc2c(-c3cc(Cl)c(CN4Cc5cccnc5C4=O)c(C4CC4)c3)ccc(C(C)(C)O)c2n1. The Balaban J connectivity index is 1.43. The number of amides is 1. The van der Waals surface area contributed by atoms with Crippen LogP contribution in [0.5, 0.6) is 0 Å². The first-order valence-electron chi connectivity index (χ1n) is 12.0. The van der Waals surface area contributed by atoms with Crippen molar-refractivity contribution in [2.75, 3.05) is 0 Å². The lowest BCUT2D eigenvalue weighted by Gasteiger charge is -2.21. The summed E-state index contributed by atoms with van der Waals surface area (Å²) in [5.41, 5.74) is 6.39. The summed E-state index contributed by atoms with van der Waals surface area (Å²) in [5, 5.41) is 17.0. The lowest BCUT2D eigenvalue weighted by Crippen LogP contribution is -2.24. The third-order valence-corrected chi connectivity index (χ3v) is 7.44. The number of aromatic nitrogens is 3. The molecule has 35 heavy (non-hydrogen) atoms. The lowest BCUT2D eigenvalue weighted by molar-refractivity contribution is 0.0761. The standard InChI is InChI=1S/C28H27ClN4O2/c1-28(2,35)23-9-8-19(22-14-32(3)31-26(22)23)18-11-20(16-6-7-16)21(24(29)12-18)15-33-13-17-5-4-10-30-25(17)27(33)34/h4-5,8-12,14,16,35H,6-7,13,15H2,1-3H3. The molecule has 4 aromatic rings. The number of benzene rings is 2. The minimum Gasteiger partial charge on any atom is -0.386 e. The molecule has 0 spiro atoms. The molecule has 1 fully saturated rings. The number of carbonyl (C=O) groups is 1.